The SMILES string of the molecule is Cc1sc(C(C)N)nc1-c1ccc(Br)cc1.Cl. The van der Waals surface area contributed by atoms with Crippen LogP contribution in [0.2, 0.25) is 0 Å². The highest BCUT2D eigenvalue weighted by molar-refractivity contribution is 9.10. The van der Waals surface area contributed by atoms with Gasteiger partial charge in [0, 0.05) is 14.9 Å². The highest BCUT2D eigenvalue weighted by Gasteiger charge is 2.11. The first kappa shape index (κ1) is 14.6. The Labute approximate surface area is 120 Å². The second kappa shape index (κ2) is 5.96. The van der Waals surface area contributed by atoms with Gasteiger partial charge in [0.1, 0.15) is 5.01 Å². The first-order chi connectivity index (χ1) is 7.58. The van der Waals surface area contributed by atoms with Gasteiger partial charge in [0.05, 0.1) is 11.7 Å². The van der Waals surface area contributed by atoms with E-state index >= 15 is 0 Å². The Kier molecular flexibility index (Phi) is 5.13. The van der Waals surface area contributed by atoms with Gasteiger partial charge in [-0.15, -0.1) is 23.7 Å². The predicted molar refractivity (Wildman–Crippen MR) is 79.8 cm³/mol. The number of nitrogens with zero attached hydrogens (tertiary/aromatic N) is 1. The van der Waals surface area contributed by atoms with Crippen LogP contribution in [-0.4, -0.2) is 4.98 Å². The van der Waals surface area contributed by atoms with Crippen molar-refractivity contribution in [1.82, 2.24) is 4.98 Å². The van der Waals surface area contributed by atoms with Crippen molar-refractivity contribution in [2.75, 3.05) is 0 Å². The number of nitrogens with two attached hydrogens (primary N) is 1. The zero-order valence-corrected chi connectivity index (χ0v) is 12.8. The fourth-order valence-corrected chi connectivity index (χ4v) is 2.65. The summed E-state index contributed by atoms with van der Waals surface area (Å²) in [5.41, 5.74) is 8.03. The van der Waals surface area contributed by atoms with Crippen LogP contribution in [0.25, 0.3) is 11.3 Å². The molecule has 0 aliphatic heterocycles. The van der Waals surface area contributed by atoms with Gasteiger partial charge in [-0.25, -0.2) is 4.98 Å². The van der Waals surface area contributed by atoms with E-state index < -0.39 is 0 Å². The van der Waals surface area contributed by atoms with Crippen LogP contribution < -0.4 is 5.73 Å². The fraction of sp³-hybridized carbons (Fsp3) is 0.250. The maximum absolute atomic E-state index is 5.84. The highest BCUT2D eigenvalue weighted by Crippen LogP contribution is 2.30. The molecule has 2 aromatic rings. The van der Waals surface area contributed by atoms with Crippen molar-refractivity contribution < 1.29 is 0 Å². The summed E-state index contributed by atoms with van der Waals surface area (Å²) in [7, 11) is 0. The van der Waals surface area contributed by atoms with Gasteiger partial charge in [0.25, 0.3) is 0 Å². The molecular weight excluding hydrogens is 320 g/mol. The van der Waals surface area contributed by atoms with E-state index in [0.29, 0.717) is 0 Å². The molecule has 2 N–H and O–H groups in total. The molecule has 1 aromatic carbocycles. The number of aromatic nitrogens is 1. The smallest absolute Gasteiger partial charge is 0.110 e. The normalized spacial score (nSPS) is 12.0. The molecular formula is C12H14BrClN2S. The lowest BCUT2D eigenvalue weighted by Gasteiger charge is -1.99. The van der Waals surface area contributed by atoms with Crippen LogP contribution in [0.15, 0.2) is 28.7 Å². The van der Waals surface area contributed by atoms with Crippen molar-refractivity contribution >= 4 is 39.7 Å². The molecule has 2 rings (SSSR count). The summed E-state index contributed by atoms with van der Waals surface area (Å²) in [5.74, 6) is 0. The minimum atomic E-state index is 0. The van der Waals surface area contributed by atoms with Crippen LogP contribution >= 0.6 is 39.7 Å². The Morgan fingerprint density at radius 3 is 2.35 bits per heavy atom. The van der Waals surface area contributed by atoms with E-state index in [4.69, 9.17) is 5.73 Å². The van der Waals surface area contributed by atoms with E-state index in [1.54, 1.807) is 11.3 Å². The van der Waals surface area contributed by atoms with Gasteiger partial charge in [-0.05, 0) is 26.0 Å². The standard InChI is InChI=1S/C12H13BrN2S.ClH/c1-7(14)12-15-11(8(2)16-12)9-3-5-10(13)6-4-9;/h3-7H,14H2,1-2H3;1H. The first-order valence-electron chi connectivity index (χ1n) is 5.07. The Morgan fingerprint density at radius 1 is 1.29 bits per heavy atom. The Hall–Kier alpha value is -0.420. The predicted octanol–water partition coefficient (Wildman–Crippen LogP) is 4.32. The van der Waals surface area contributed by atoms with Gasteiger partial charge >= 0.3 is 0 Å². The van der Waals surface area contributed by atoms with E-state index in [0.717, 1.165) is 20.7 Å². The van der Waals surface area contributed by atoms with Gasteiger partial charge in [0.2, 0.25) is 0 Å². The van der Waals surface area contributed by atoms with Crippen LogP contribution in [0.4, 0.5) is 0 Å². The lowest BCUT2D eigenvalue weighted by molar-refractivity contribution is 0.808. The number of rotatable bonds is 2. The van der Waals surface area contributed by atoms with Crippen LogP contribution in [0.5, 0.6) is 0 Å². The van der Waals surface area contributed by atoms with Crippen molar-refractivity contribution in [1.29, 1.82) is 0 Å². The molecule has 0 aliphatic rings. The maximum atomic E-state index is 5.84. The zero-order chi connectivity index (χ0) is 11.7. The Bertz CT molecular complexity index is 494. The van der Waals surface area contributed by atoms with E-state index in [1.165, 1.54) is 4.88 Å². The topological polar surface area (TPSA) is 38.9 Å². The molecule has 92 valence electrons. The molecule has 0 aliphatic carbocycles. The van der Waals surface area contributed by atoms with Gasteiger partial charge in [-0.2, -0.15) is 0 Å². The van der Waals surface area contributed by atoms with Crippen molar-refractivity contribution in [3.63, 3.8) is 0 Å². The van der Waals surface area contributed by atoms with Gasteiger partial charge in [-0.1, -0.05) is 28.1 Å². The summed E-state index contributed by atoms with van der Waals surface area (Å²) in [5, 5.41) is 0.996. The molecule has 2 nitrogen and oxygen atoms in total. The summed E-state index contributed by atoms with van der Waals surface area (Å²) in [6.45, 7) is 4.05. The largest absolute Gasteiger partial charge is 0.322 e. The third kappa shape index (κ3) is 3.28. The van der Waals surface area contributed by atoms with Gasteiger partial charge in [0.15, 0.2) is 0 Å². The van der Waals surface area contributed by atoms with Crippen molar-refractivity contribution in [2.45, 2.75) is 19.9 Å². The number of thiazole rings is 1. The number of hydrogen-bond acceptors (Lipinski definition) is 3. The lowest BCUT2D eigenvalue weighted by Crippen LogP contribution is -2.03. The molecule has 1 unspecified atom stereocenters. The minimum absolute atomic E-state index is 0. The summed E-state index contributed by atoms with van der Waals surface area (Å²) in [6.07, 6.45) is 0. The molecule has 0 bridgehead atoms. The molecule has 0 fully saturated rings. The second-order valence-electron chi connectivity index (χ2n) is 3.75. The molecule has 0 radical (unpaired) electrons. The summed E-state index contributed by atoms with van der Waals surface area (Å²) < 4.78 is 1.08. The van der Waals surface area contributed by atoms with Crippen LogP contribution in [0.1, 0.15) is 22.9 Å². The van der Waals surface area contributed by atoms with Gasteiger partial charge < -0.3 is 5.73 Å². The monoisotopic (exact) mass is 332 g/mol. The average molecular weight is 334 g/mol. The molecule has 0 amide bonds. The Balaban J connectivity index is 0.00000144. The van der Waals surface area contributed by atoms with Crippen LogP contribution in [-0.2, 0) is 0 Å². The first-order valence-corrected chi connectivity index (χ1v) is 6.67. The van der Waals surface area contributed by atoms with Crippen LogP contribution in [0.3, 0.4) is 0 Å². The third-order valence-electron chi connectivity index (χ3n) is 2.32. The molecule has 5 heteroatoms. The average Bonchev–Trinajstić information content (AvgIpc) is 2.62. The van der Waals surface area contributed by atoms with E-state index in [9.17, 15) is 0 Å². The van der Waals surface area contributed by atoms with E-state index in [1.807, 2.05) is 19.1 Å². The molecule has 0 spiro atoms. The van der Waals surface area contributed by atoms with Crippen molar-refractivity contribution in [3.05, 3.63) is 38.6 Å². The molecule has 0 saturated heterocycles. The van der Waals surface area contributed by atoms with E-state index in [-0.39, 0.29) is 18.4 Å². The van der Waals surface area contributed by atoms with Crippen LogP contribution in [0, 0.1) is 6.92 Å². The molecule has 0 saturated carbocycles. The number of hydrogen-bond donors (Lipinski definition) is 1. The van der Waals surface area contributed by atoms with Crippen molar-refractivity contribution in [2.24, 2.45) is 5.73 Å². The zero-order valence-electron chi connectivity index (χ0n) is 9.61. The second-order valence-corrected chi connectivity index (χ2v) is 5.90. The third-order valence-corrected chi connectivity index (χ3v) is 4.02. The van der Waals surface area contributed by atoms with Crippen molar-refractivity contribution in [3.8, 4) is 11.3 Å². The number of aryl methyl sites for hydroxylation is 1. The highest BCUT2D eigenvalue weighted by atomic mass is 79.9. The van der Waals surface area contributed by atoms with Gasteiger partial charge in [-0.3, -0.25) is 0 Å². The number of benzene rings is 1. The molecule has 1 atom stereocenters. The molecule has 1 heterocycles. The fourth-order valence-electron chi connectivity index (χ4n) is 1.49. The summed E-state index contributed by atoms with van der Waals surface area (Å²) in [4.78, 5) is 5.80. The number of halogens is 2. The quantitative estimate of drug-likeness (QED) is 0.888. The van der Waals surface area contributed by atoms with E-state index in [2.05, 4.69) is 40.0 Å². The molecule has 17 heavy (non-hydrogen) atoms. The summed E-state index contributed by atoms with van der Waals surface area (Å²) in [6, 6.07) is 8.20. The Morgan fingerprint density at radius 2 is 1.88 bits per heavy atom. The lowest BCUT2D eigenvalue weighted by atomic mass is 10.1. The minimum Gasteiger partial charge on any atom is -0.322 e. The maximum Gasteiger partial charge on any atom is 0.110 e. The summed E-state index contributed by atoms with van der Waals surface area (Å²) >= 11 is 5.10. The molecule has 1 aromatic heterocycles.